The Morgan fingerprint density at radius 1 is 1.00 bits per heavy atom. The van der Waals surface area contributed by atoms with Crippen LogP contribution in [0.1, 0.15) is 5.56 Å². The highest BCUT2D eigenvalue weighted by molar-refractivity contribution is 5.51. The summed E-state index contributed by atoms with van der Waals surface area (Å²) in [5.41, 5.74) is 2.48. The molecule has 0 N–H and O–H groups in total. The first-order valence-electron chi connectivity index (χ1n) is 6.98. The molecular formula is C16H17N3O2. The van der Waals surface area contributed by atoms with E-state index >= 15 is 0 Å². The Morgan fingerprint density at radius 3 is 2.38 bits per heavy atom. The van der Waals surface area contributed by atoms with E-state index < -0.39 is 0 Å². The van der Waals surface area contributed by atoms with E-state index in [0.29, 0.717) is 0 Å². The van der Waals surface area contributed by atoms with Crippen LogP contribution in [-0.4, -0.2) is 29.6 Å². The molecule has 5 nitrogen and oxygen atoms in total. The van der Waals surface area contributed by atoms with Gasteiger partial charge in [-0.25, -0.2) is 0 Å². The van der Waals surface area contributed by atoms with Crippen molar-refractivity contribution in [2.24, 2.45) is 0 Å². The van der Waals surface area contributed by atoms with Gasteiger partial charge in [-0.2, -0.15) is 0 Å². The van der Waals surface area contributed by atoms with Crippen LogP contribution in [0.15, 0.2) is 54.6 Å². The molecule has 0 atom stereocenters. The number of benzene rings is 2. The molecule has 0 unspecified atom stereocenters. The normalized spacial score (nSPS) is 15.3. The van der Waals surface area contributed by atoms with Crippen LogP contribution in [0.3, 0.4) is 0 Å². The lowest BCUT2D eigenvalue weighted by atomic mass is 10.2. The molecule has 2 aromatic rings. The summed E-state index contributed by atoms with van der Waals surface area (Å²) >= 11 is 0. The highest BCUT2D eigenvalue weighted by atomic mass is 16.6. The third-order valence-electron chi connectivity index (χ3n) is 3.73. The highest BCUT2D eigenvalue weighted by Gasteiger charge is 2.20. The van der Waals surface area contributed by atoms with E-state index in [9.17, 15) is 10.1 Å². The maximum Gasteiger partial charge on any atom is 0.269 e. The number of nitrogens with zero attached hydrogens (tertiary/aromatic N) is 3. The van der Waals surface area contributed by atoms with Gasteiger partial charge in [0.05, 0.1) is 11.6 Å². The second-order valence-corrected chi connectivity index (χ2v) is 5.22. The van der Waals surface area contributed by atoms with E-state index in [-0.39, 0.29) is 10.6 Å². The summed E-state index contributed by atoms with van der Waals surface area (Å²) in [4.78, 5) is 14.9. The second-order valence-electron chi connectivity index (χ2n) is 5.22. The summed E-state index contributed by atoms with van der Waals surface area (Å²) in [6.45, 7) is 3.74. The van der Waals surface area contributed by atoms with Crippen molar-refractivity contribution in [3.05, 3.63) is 70.3 Å². The van der Waals surface area contributed by atoms with Crippen molar-refractivity contribution >= 4 is 11.4 Å². The van der Waals surface area contributed by atoms with Gasteiger partial charge in [-0.3, -0.25) is 15.0 Å². The Bertz CT molecular complexity index is 613. The molecule has 21 heavy (non-hydrogen) atoms. The summed E-state index contributed by atoms with van der Waals surface area (Å²) in [5.74, 6) is 0. The second kappa shape index (κ2) is 5.93. The minimum Gasteiger partial charge on any atom is -0.357 e. The Morgan fingerprint density at radius 2 is 1.71 bits per heavy atom. The molecule has 1 saturated heterocycles. The topological polar surface area (TPSA) is 49.6 Å². The SMILES string of the molecule is O=[N+]([O-])c1ccc(N2CCN(Cc3ccccc3)C2)cc1. The minimum absolute atomic E-state index is 0.138. The average molecular weight is 283 g/mol. The molecule has 0 spiro atoms. The number of hydrogen-bond donors (Lipinski definition) is 0. The van der Waals surface area contributed by atoms with Crippen LogP contribution in [0.4, 0.5) is 11.4 Å². The molecule has 0 amide bonds. The van der Waals surface area contributed by atoms with E-state index in [0.717, 1.165) is 32.0 Å². The Kier molecular flexibility index (Phi) is 3.83. The van der Waals surface area contributed by atoms with Crippen molar-refractivity contribution < 1.29 is 4.92 Å². The zero-order chi connectivity index (χ0) is 14.7. The first kappa shape index (κ1) is 13.6. The standard InChI is InChI=1S/C16H17N3O2/c20-19(21)16-8-6-15(7-9-16)18-11-10-17(13-18)12-14-4-2-1-3-5-14/h1-9H,10-13H2. The summed E-state index contributed by atoms with van der Waals surface area (Å²) in [7, 11) is 0. The number of non-ortho nitro benzene ring substituents is 1. The van der Waals surface area contributed by atoms with E-state index in [4.69, 9.17) is 0 Å². The van der Waals surface area contributed by atoms with Crippen LogP contribution in [0.2, 0.25) is 0 Å². The van der Waals surface area contributed by atoms with Crippen molar-refractivity contribution in [1.82, 2.24) is 4.90 Å². The monoisotopic (exact) mass is 283 g/mol. The molecule has 1 aliphatic heterocycles. The van der Waals surface area contributed by atoms with Gasteiger partial charge < -0.3 is 4.90 Å². The van der Waals surface area contributed by atoms with Crippen molar-refractivity contribution in [3.63, 3.8) is 0 Å². The summed E-state index contributed by atoms with van der Waals surface area (Å²) in [6.07, 6.45) is 0. The molecule has 0 saturated carbocycles. The van der Waals surface area contributed by atoms with Crippen LogP contribution in [-0.2, 0) is 6.54 Å². The fourth-order valence-corrected chi connectivity index (χ4v) is 2.61. The van der Waals surface area contributed by atoms with Crippen LogP contribution in [0, 0.1) is 10.1 Å². The molecule has 1 aliphatic rings. The first-order valence-corrected chi connectivity index (χ1v) is 6.98. The first-order chi connectivity index (χ1) is 10.2. The summed E-state index contributed by atoms with van der Waals surface area (Å²) < 4.78 is 0. The molecule has 1 fully saturated rings. The third-order valence-corrected chi connectivity index (χ3v) is 3.73. The molecule has 0 bridgehead atoms. The van der Waals surface area contributed by atoms with Crippen molar-refractivity contribution in [3.8, 4) is 0 Å². The van der Waals surface area contributed by atoms with Gasteiger partial charge in [-0.15, -0.1) is 0 Å². The zero-order valence-corrected chi connectivity index (χ0v) is 11.7. The number of nitro benzene ring substituents is 1. The minimum atomic E-state index is -0.366. The van der Waals surface area contributed by atoms with Gasteiger partial charge in [-0.05, 0) is 17.7 Å². The fourth-order valence-electron chi connectivity index (χ4n) is 2.61. The zero-order valence-electron chi connectivity index (χ0n) is 11.7. The fraction of sp³-hybridized carbons (Fsp3) is 0.250. The van der Waals surface area contributed by atoms with Gasteiger partial charge >= 0.3 is 0 Å². The number of rotatable bonds is 4. The predicted octanol–water partition coefficient (Wildman–Crippen LogP) is 2.87. The summed E-state index contributed by atoms with van der Waals surface area (Å²) in [6, 6.07) is 17.2. The smallest absolute Gasteiger partial charge is 0.269 e. The van der Waals surface area contributed by atoms with Crippen LogP contribution in [0.25, 0.3) is 0 Å². The maximum atomic E-state index is 10.7. The predicted molar refractivity (Wildman–Crippen MR) is 82.2 cm³/mol. The summed E-state index contributed by atoms with van der Waals surface area (Å²) in [5, 5.41) is 10.7. The highest BCUT2D eigenvalue weighted by Crippen LogP contribution is 2.22. The van der Waals surface area contributed by atoms with Crippen LogP contribution >= 0.6 is 0 Å². The van der Waals surface area contributed by atoms with Gasteiger partial charge in [0, 0.05) is 37.5 Å². The molecule has 108 valence electrons. The largest absolute Gasteiger partial charge is 0.357 e. The number of nitro groups is 1. The lowest BCUT2D eigenvalue weighted by Gasteiger charge is -2.19. The van der Waals surface area contributed by atoms with Crippen molar-refractivity contribution in [1.29, 1.82) is 0 Å². The lowest BCUT2D eigenvalue weighted by molar-refractivity contribution is -0.384. The molecule has 3 rings (SSSR count). The van der Waals surface area contributed by atoms with E-state index in [1.165, 1.54) is 5.56 Å². The maximum absolute atomic E-state index is 10.7. The van der Waals surface area contributed by atoms with Crippen molar-refractivity contribution in [2.45, 2.75) is 6.54 Å². The average Bonchev–Trinajstić information content (AvgIpc) is 2.97. The lowest BCUT2D eigenvalue weighted by Crippen LogP contribution is -2.24. The number of anilines is 1. The van der Waals surface area contributed by atoms with E-state index in [2.05, 4.69) is 34.1 Å². The van der Waals surface area contributed by atoms with E-state index in [1.807, 2.05) is 18.2 Å². The Labute approximate surface area is 123 Å². The van der Waals surface area contributed by atoms with Gasteiger partial charge in [0.15, 0.2) is 0 Å². The Balaban J connectivity index is 1.62. The molecule has 5 heteroatoms. The molecular weight excluding hydrogens is 266 g/mol. The van der Waals surface area contributed by atoms with Gasteiger partial charge in [-0.1, -0.05) is 30.3 Å². The van der Waals surface area contributed by atoms with Crippen LogP contribution in [0.5, 0.6) is 0 Å². The van der Waals surface area contributed by atoms with Gasteiger partial charge in [0.1, 0.15) is 0 Å². The number of hydrogen-bond acceptors (Lipinski definition) is 4. The Hall–Kier alpha value is -2.40. The molecule has 0 aliphatic carbocycles. The molecule has 0 radical (unpaired) electrons. The molecule has 2 aromatic carbocycles. The third kappa shape index (κ3) is 3.20. The van der Waals surface area contributed by atoms with Gasteiger partial charge in [0.2, 0.25) is 0 Å². The van der Waals surface area contributed by atoms with Gasteiger partial charge in [0.25, 0.3) is 5.69 Å². The quantitative estimate of drug-likeness (QED) is 0.639. The van der Waals surface area contributed by atoms with Crippen LogP contribution < -0.4 is 4.90 Å². The molecule has 0 aromatic heterocycles. The molecule has 1 heterocycles. The van der Waals surface area contributed by atoms with E-state index in [1.54, 1.807) is 12.1 Å². The van der Waals surface area contributed by atoms with Crippen molar-refractivity contribution in [2.75, 3.05) is 24.7 Å².